The van der Waals surface area contributed by atoms with E-state index in [1.165, 1.54) is 23.5 Å². The summed E-state index contributed by atoms with van der Waals surface area (Å²) >= 11 is 7.16. The van der Waals surface area contributed by atoms with E-state index in [1.807, 2.05) is 16.7 Å². The minimum Gasteiger partial charge on any atom is -0.486 e. The van der Waals surface area contributed by atoms with Crippen molar-refractivity contribution in [2.45, 2.75) is 45.5 Å². The van der Waals surface area contributed by atoms with Crippen molar-refractivity contribution in [2.75, 3.05) is 11.1 Å². The number of carbonyl (C=O) groups is 1. The first-order chi connectivity index (χ1) is 14.9. The summed E-state index contributed by atoms with van der Waals surface area (Å²) in [6.45, 7) is 7.43. The number of rotatable bonds is 10. The fourth-order valence-corrected chi connectivity index (χ4v) is 3.69. The van der Waals surface area contributed by atoms with Gasteiger partial charge in [0.15, 0.2) is 11.0 Å². The Morgan fingerprint density at radius 1 is 1.19 bits per heavy atom. The lowest BCUT2D eigenvalue weighted by atomic mass is 10.2. The Hall–Kier alpha value is -2.58. The topological polar surface area (TPSA) is 81.9 Å². The predicted octanol–water partition coefficient (Wildman–Crippen LogP) is 4.85. The van der Waals surface area contributed by atoms with E-state index >= 15 is 0 Å². The van der Waals surface area contributed by atoms with Gasteiger partial charge in [0.05, 0.1) is 10.8 Å². The number of aromatic nitrogens is 4. The predicted molar refractivity (Wildman–Crippen MR) is 124 cm³/mol. The monoisotopic (exact) mass is 459 g/mol. The minimum absolute atomic E-state index is 0.173. The molecule has 0 radical (unpaired) electrons. The summed E-state index contributed by atoms with van der Waals surface area (Å²) in [5.74, 6) is 2.40. The van der Waals surface area contributed by atoms with Gasteiger partial charge < -0.3 is 14.6 Å². The third kappa shape index (κ3) is 6.97. The molecular formula is C22H26ClN5O2S. The second-order valence-electron chi connectivity index (χ2n) is 7.39. The van der Waals surface area contributed by atoms with E-state index in [0.29, 0.717) is 28.5 Å². The molecule has 0 unspecified atom stereocenters. The number of carbonyl (C=O) groups excluding carboxylic acids is 1. The molecule has 0 saturated carbocycles. The van der Waals surface area contributed by atoms with Crippen LogP contribution in [0.4, 0.5) is 5.82 Å². The highest BCUT2D eigenvalue weighted by Crippen LogP contribution is 2.21. The molecule has 0 aliphatic carbocycles. The van der Waals surface area contributed by atoms with E-state index in [0.717, 1.165) is 24.5 Å². The SMILES string of the molecule is CCc1ccc(OCc2nnc(SCC(=O)Nc3ccc(Cl)cn3)n2CC(C)C)cc1. The van der Waals surface area contributed by atoms with E-state index in [9.17, 15) is 4.79 Å². The number of benzene rings is 1. The van der Waals surface area contributed by atoms with Crippen LogP contribution in [0.5, 0.6) is 5.75 Å². The third-order valence-electron chi connectivity index (χ3n) is 4.37. The summed E-state index contributed by atoms with van der Waals surface area (Å²) in [6.07, 6.45) is 2.48. The summed E-state index contributed by atoms with van der Waals surface area (Å²) in [4.78, 5) is 16.4. The number of thioether (sulfide) groups is 1. The highest BCUT2D eigenvalue weighted by molar-refractivity contribution is 7.99. The standard InChI is InChI=1S/C22H26ClN5O2S/c1-4-16-5-8-18(9-6-16)30-13-20-26-27-22(28(20)12-15(2)3)31-14-21(29)25-19-10-7-17(23)11-24-19/h5-11,15H,4,12-14H2,1-3H3,(H,24,25,29). The minimum atomic E-state index is -0.173. The first-order valence-electron chi connectivity index (χ1n) is 10.1. The Morgan fingerprint density at radius 2 is 1.97 bits per heavy atom. The summed E-state index contributed by atoms with van der Waals surface area (Å²) < 4.78 is 7.93. The number of pyridine rings is 1. The van der Waals surface area contributed by atoms with Gasteiger partial charge in [0, 0.05) is 12.7 Å². The number of ether oxygens (including phenoxy) is 1. The van der Waals surface area contributed by atoms with Crippen LogP contribution in [-0.2, 0) is 24.4 Å². The quantitative estimate of drug-likeness (QED) is 0.436. The molecule has 9 heteroatoms. The molecule has 3 aromatic rings. The zero-order valence-electron chi connectivity index (χ0n) is 17.8. The van der Waals surface area contributed by atoms with Crippen molar-refractivity contribution in [2.24, 2.45) is 5.92 Å². The zero-order chi connectivity index (χ0) is 22.2. The van der Waals surface area contributed by atoms with Crippen molar-refractivity contribution in [3.8, 4) is 5.75 Å². The number of hydrogen-bond donors (Lipinski definition) is 1. The van der Waals surface area contributed by atoms with Crippen molar-refractivity contribution in [1.82, 2.24) is 19.7 Å². The van der Waals surface area contributed by atoms with Crippen LogP contribution in [0.2, 0.25) is 5.02 Å². The second-order valence-corrected chi connectivity index (χ2v) is 8.77. The third-order valence-corrected chi connectivity index (χ3v) is 5.56. The molecular weight excluding hydrogens is 434 g/mol. The molecule has 3 rings (SSSR count). The van der Waals surface area contributed by atoms with E-state index in [4.69, 9.17) is 16.3 Å². The smallest absolute Gasteiger partial charge is 0.236 e. The van der Waals surface area contributed by atoms with Crippen LogP contribution in [0.15, 0.2) is 47.8 Å². The number of halogens is 1. The van der Waals surface area contributed by atoms with Gasteiger partial charge in [-0.2, -0.15) is 0 Å². The maximum atomic E-state index is 12.3. The van der Waals surface area contributed by atoms with Crippen LogP contribution in [0, 0.1) is 5.92 Å². The summed E-state index contributed by atoms with van der Waals surface area (Å²) in [7, 11) is 0. The summed E-state index contributed by atoms with van der Waals surface area (Å²) in [5.41, 5.74) is 1.26. The molecule has 1 amide bonds. The van der Waals surface area contributed by atoms with E-state index in [-0.39, 0.29) is 11.7 Å². The average molecular weight is 460 g/mol. The lowest BCUT2D eigenvalue weighted by Crippen LogP contribution is -2.16. The lowest BCUT2D eigenvalue weighted by molar-refractivity contribution is -0.113. The molecule has 0 aliphatic heterocycles. The van der Waals surface area contributed by atoms with Gasteiger partial charge in [0.25, 0.3) is 0 Å². The molecule has 0 aliphatic rings. The van der Waals surface area contributed by atoms with Gasteiger partial charge in [-0.15, -0.1) is 10.2 Å². The van der Waals surface area contributed by atoms with Crippen molar-refractivity contribution < 1.29 is 9.53 Å². The summed E-state index contributed by atoms with van der Waals surface area (Å²) in [6, 6.07) is 11.4. The van der Waals surface area contributed by atoms with Crippen molar-refractivity contribution in [1.29, 1.82) is 0 Å². The first kappa shape index (κ1) is 23.1. The number of nitrogens with zero attached hydrogens (tertiary/aromatic N) is 4. The fraction of sp³-hybridized carbons (Fsp3) is 0.364. The Kier molecular flexibility index (Phi) is 8.31. The molecule has 0 bridgehead atoms. The Labute approximate surface area is 191 Å². The number of nitrogens with one attached hydrogen (secondary N) is 1. The van der Waals surface area contributed by atoms with E-state index < -0.39 is 0 Å². The van der Waals surface area contributed by atoms with Gasteiger partial charge in [-0.1, -0.05) is 56.3 Å². The van der Waals surface area contributed by atoms with Gasteiger partial charge in [-0.05, 0) is 42.2 Å². The number of aryl methyl sites for hydroxylation is 1. The highest BCUT2D eigenvalue weighted by atomic mass is 35.5. The largest absolute Gasteiger partial charge is 0.486 e. The van der Waals surface area contributed by atoms with Gasteiger partial charge in [-0.3, -0.25) is 4.79 Å². The van der Waals surface area contributed by atoms with Crippen LogP contribution >= 0.6 is 23.4 Å². The molecule has 1 N–H and O–H groups in total. The van der Waals surface area contributed by atoms with Gasteiger partial charge in [0.1, 0.15) is 18.2 Å². The lowest BCUT2D eigenvalue weighted by Gasteiger charge is -2.13. The van der Waals surface area contributed by atoms with E-state index in [1.54, 1.807) is 12.1 Å². The van der Waals surface area contributed by atoms with E-state index in [2.05, 4.69) is 53.4 Å². The molecule has 0 fully saturated rings. The maximum absolute atomic E-state index is 12.3. The average Bonchev–Trinajstić information content (AvgIpc) is 3.13. The molecule has 0 saturated heterocycles. The van der Waals surface area contributed by atoms with Gasteiger partial charge >= 0.3 is 0 Å². The van der Waals surface area contributed by atoms with Crippen molar-refractivity contribution in [3.63, 3.8) is 0 Å². The Morgan fingerprint density at radius 3 is 2.61 bits per heavy atom. The molecule has 0 spiro atoms. The normalized spacial score (nSPS) is 11.0. The van der Waals surface area contributed by atoms with Crippen molar-refractivity contribution in [3.05, 3.63) is 59.0 Å². The van der Waals surface area contributed by atoms with Crippen molar-refractivity contribution >= 4 is 35.1 Å². The Bertz CT molecular complexity index is 990. The van der Waals surface area contributed by atoms with Crippen LogP contribution < -0.4 is 10.1 Å². The number of hydrogen-bond acceptors (Lipinski definition) is 6. The molecule has 2 heterocycles. The maximum Gasteiger partial charge on any atom is 0.236 e. The van der Waals surface area contributed by atoms with Crippen LogP contribution in [-0.4, -0.2) is 31.4 Å². The number of amides is 1. The molecule has 164 valence electrons. The second kappa shape index (κ2) is 11.2. The molecule has 0 atom stereocenters. The van der Waals surface area contributed by atoms with Gasteiger partial charge in [0.2, 0.25) is 5.91 Å². The fourth-order valence-electron chi connectivity index (χ4n) is 2.81. The summed E-state index contributed by atoms with van der Waals surface area (Å²) in [5, 5.41) is 12.5. The van der Waals surface area contributed by atoms with Crippen LogP contribution in [0.25, 0.3) is 0 Å². The Balaban J connectivity index is 1.62. The highest BCUT2D eigenvalue weighted by Gasteiger charge is 2.16. The van der Waals surface area contributed by atoms with Gasteiger partial charge in [-0.25, -0.2) is 4.98 Å². The van der Waals surface area contributed by atoms with Crippen LogP contribution in [0.1, 0.15) is 32.2 Å². The number of anilines is 1. The molecule has 7 nitrogen and oxygen atoms in total. The first-order valence-corrected chi connectivity index (χ1v) is 11.5. The zero-order valence-corrected chi connectivity index (χ0v) is 19.4. The molecule has 31 heavy (non-hydrogen) atoms. The van der Waals surface area contributed by atoms with Crippen LogP contribution in [0.3, 0.4) is 0 Å². The molecule has 2 aromatic heterocycles. The molecule has 1 aromatic carbocycles.